The minimum absolute atomic E-state index is 0.298. The molecule has 2 N–H and O–H groups in total. The van der Waals surface area contributed by atoms with Gasteiger partial charge in [0.2, 0.25) is 0 Å². The number of nitrogen functional groups attached to an aromatic ring is 1. The lowest BCUT2D eigenvalue weighted by Gasteiger charge is -2.37. The monoisotopic (exact) mass is 429 g/mol. The van der Waals surface area contributed by atoms with Crippen LogP contribution in [0.25, 0.3) is 10.2 Å². The maximum Gasteiger partial charge on any atom is 0.348 e. The van der Waals surface area contributed by atoms with E-state index in [2.05, 4.69) is 19.9 Å². The van der Waals surface area contributed by atoms with Gasteiger partial charge in [0.15, 0.2) is 5.82 Å². The van der Waals surface area contributed by atoms with E-state index in [0.29, 0.717) is 17.3 Å². The van der Waals surface area contributed by atoms with Crippen LogP contribution in [0.2, 0.25) is 0 Å². The van der Waals surface area contributed by atoms with Gasteiger partial charge in [0, 0.05) is 33.2 Å². The summed E-state index contributed by atoms with van der Waals surface area (Å²) in [5.74, 6) is 2.25. The Kier molecular flexibility index (Phi) is 5.27. The number of aromatic nitrogens is 4. The van der Waals surface area contributed by atoms with Crippen molar-refractivity contribution in [2.75, 3.05) is 48.3 Å². The molecule has 0 spiro atoms. The molecule has 10 heteroatoms. The van der Waals surface area contributed by atoms with Gasteiger partial charge in [-0.1, -0.05) is 0 Å². The average Bonchev–Trinajstić information content (AvgIpc) is 3.17. The fourth-order valence-electron chi connectivity index (χ4n) is 4.01. The predicted molar refractivity (Wildman–Crippen MR) is 120 cm³/mol. The van der Waals surface area contributed by atoms with Gasteiger partial charge in [0.05, 0.1) is 23.4 Å². The Morgan fingerprint density at radius 3 is 2.40 bits per heavy atom. The van der Waals surface area contributed by atoms with E-state index in [9.17, 15) is 4.79 Å². The van der Waals surface area contributed by atoms with E-state index < -0.39 is 0 Å². The van der Waals surface area contributed by atoms with Gasteiger partial charge in [-0.15, -0.1) is 11.3 Å². The van der Waals surface area contributed by atoms with Crippen LogP contribution < -0.4 is 15.5 Å². The summed E-state index contributed by atoms with van der Waals surface area (Å²) < 4.78 is 7.07. The molecule has 0 radical (unpaired) electrons. The Labute approximate surface area is 179 Å². The number of hydrogen-bond acceptors (Lipinski definition) is 9. The van der Waals surface area contributed by atoms with E-state index in [-0.39, 0.29) is 5.97 Å². The third-order valence-electron chi connectivity index (χ3n) is 5.46. The third-order valence-corrected chi connectivity index (χ3v) is 6.63. The summed E-state index contributed by atoms with van der Waals surface area (Å²) in [4.78, 5) is 27.7. The van der Waals surface area contributed by atoms with Gasteiger partial charge >= 0.3 is 5.97 Å². The Hall–Kier alpha value is -2.88. The Morgan fingerprint density at radius 1 is 1.13 bits per heavy atom. The molecule has 4 heterocycles. The molecule has 3 aromatic heterocycles. The van der Waals surface area contributed by atoms with Crippen LogP contribution in [-0.4, -0.2) is 58.5 Å². The molecule has 4 rings (SSSR count). The van der Waals surface area contributed by atoms with Crippen molar-refractivity contribution in [3.8, 4) is 0 Å². The number of piperazine rings is 1. The summed E-state index contributed by atoms with van der Waals surface area (Å²) in [5, 5.41) is 5.38. The van der Waals surface area contributed by atoms with Crippen LogP contribution in [0.5, 0.6) is 0 Å². The van der Waals surface area contributed by atoms with Gasteiger partial charge in [-0.2, -0.15) is 5.10 Å². The van der Waals surface area contributed by atoms with Gasteiger partial charge in [-0.3, -0.25) is 4.68 Å². The Morgan fingerprint density at radius 2 is 1.80 bits per heavy atom. The molecule has 0 unspecified atom stereocenters. The van der Waals surface area contributed by atoms with Crippen LogP contribution >= 0.6 is 11.3 Å². The number of nitrogens with two attached hydrogens (primary N) is 1. The number of aryl methyl sites for hydroxylation is 4. The minimum atomic E-state index is -0.298. The lowest BCUT2D eigenvalue weighted by Crippen LogP contribution is -2.47. The van der Waals surface area contributed by atoms with Crippen molar-refractivity contribution >= 4 is 44.8 Å². The third kappa shape index (κ3) is 3.34. The highest BCUT2D eigenvalue weighted by Crippen LogP contribution is 2.36. The number of thiophene rings is 1. The number of anilines is 3. The number of ether oxygens (including phenoxy) is 1. The minimum Gasteiger partial charge on any atom is -0.462 e. The maximum atomic E-state index is 12.4. The Bertz CT molecular complexity index is 1110. The summed E-state index contributed by atoms with van der Waals surface area (Å²) in [6.07, 6.45) is 0. The van der Waals surface area contributed by atoms with E-state index >= 15 is 0 Å². The molecule has 30 heavy (non-hydrogen) atoms. The number of carbonyl (C=O) groups excluding carboxylic acids is 1. The number of nitrogens with zero attached hydrogens (tertiary/aromatic N) is 6. The second kappa shape index (κ2) is 7.75. The van der Waals surface area contributed by atoms with Crippen molar-refractivity contribution in [1.82, 2.24) is 19.7 Å². The van der Waals surface area contributed by atoms with E-state index in [1.54, 1.807) is 0 Å². The van der Waals surface area contributed by atoms with Crippen LogP contribution in [-0.2, 0) is 11.8 Å². The van der Waals surface area contributed by atoms with E-state index in [1.165, 1.54) is 11.3 Å². The average molecular weight is 430 g/mol. The van der Waals surface area contributed by atoms with Crippen LogP contribution in [0.4, 0.5) is 17.3 Å². The van der Waals surface area contributed by atoms with Crippen LogP contribution in [0.3, 0.4) is 0 Å². The van der Waals surface area contributed by atoms with Crippen molar-refractivity contribution < 1.29 is 9.53 Å². The highest BCUT2D eigenvalue weighted by Gasteiger charge is 2.27. The molecular weight excluding hydrogens is 402 g/mol. The summed E-state index contributed by atoms with van der Waals surface area (Å²) >= 11 is 1.38. The summed E-state index contributed by atoms with van der Waals surface area (Å²) in [5.41, 5.74) is 8.72. The molecule has 0 aromatic carbocycles. The van der Waals surface area contributed by atoms with E-state index in [1.807, 2.05) is 39.4 Å². The van der Waals surface area contributed by atoms with Gasteiger partial charge in [0.25, 0.3) is 0 Å². The molecule has 1 saturated heterocycles. The maximum absolute atomic E-state index is 12.4. The zero-order valence-electron chi connectivity index (χ0n) is 18.0. The van der Waals surface area contributed by atoms with Gasteiger partial charge in [0.1, 0.15) is 21.3 Å². The second-order valence-electron chi connectivity index (χ2n) is 7.47. The fourth-order valence-corrected chi connectivity index (χ4v) is 5.12. The van der Waals surface area contributed by atoms with Crippen molar-refractivity contribution in [3.05, 3.63) is 22.0 Å². The molecule has 0 atom stereocenters. The molecule has 0 saturated carbocycles. The standard InChI is InChI=1S/C20H27N7O2S/c1-6-29-20(28)16-11(2)14-17(22-13(4)23-18(14)30-16)26-7-9-27(10-8-26)19-15(21)12(3)24-25(19)5/h6-10,21H2,1-5H3. The highest BCUT2D eigenvalue weighted by molar-refractivity contribution is 7.20. The molecule has 1 aliphatic heterocycles. The largest absolute Gasteiger partial charge is 0.462 e. The molecule has 0 amide bonds. The number of esters is 1. The van der Waals surface area contributed by atoms with Crippen molar-refractivity contribution in [3.63, 3.8) is 0 Å². The van der Waals surface area contributed by atoms with Gasteiger partial charge in [-0.25, -0.2) is 14.8 Å². The molecular formula is C20H27N7O2S. The highest BCUT2D eigenvalue weighted by atomic mass is 32.1. The molecule has 1 aliphatic rings. The molecule has 1 fully saturated rings. The lowest BCUT2D eigenvalue weighted by atomic mass is 10.1. The molecule has 9 nitrogen and oxygen atoms in total. The zero-order chi connectivity index (χ0) is 21.6. The van der Waals surface area contributed by atoms with E-state index in [0.717, 1.165) is 65.0 Å². The zero-order valence-corrected chi connectivity index (χ0v) is 18.8. The second-order valence-corrected chi connectivity index (χ2v) is 8.47. The number of fused-ring (bicyclic) bond motifs is 1. The predicted octanol–water partition coefficient (Wildman–Crippen LogP) is 2.44. The molecule has 0 aliphatic carbocycles. The molecule has 3 aromatic rings. The van der Waals surface area contributed by atoms with Crippen molar-refractivity contribution in [2.24, 2.45) is 7.05 Å². The Balaban J connectivity index is 1.65. The molecule has 0 bridgehead atoms. The van der Waals surface area contributed by atoms with Crippen LogP contribution in [0.1, 0.15) is 33.7 Å². The quantitative estimate of drug-likeness (QED) is 0.631. The normalized spacial score (nSPS) is 14.6. The van der Waals surface area contributed by atoms with Crippen molar-refractivity contribution in [1.29, 1.82) is 0 Å². The van der Waals surface area contributed by atoms with Gasteiger partial charge < -0.3 is 20.3 Å². The number of hydrogen-bond donors (Lipinski definition) is 1. The lowest BCUT2D eigenvalue weighted by molar-refractivity contribution is 0.0531. The first-order chi connectivity index (χ1) is 14.3. The smallest absolute Gasteiger partial charge is 0.348 e. The first-order valence-electron chi connectivity index (χ1n) is 10.1. The number of carbonyl (C=O) groups is 1. The first-order valence-corrected chi connectivity index (χ1v) is 10.9. The van der Waals surface area contributed by atoms with Crippen molar-refractivity contribution in [2.45, 2.75) is 27.7 Å². The summed E-state index contributed by atoms with van der Waals surface area (Å²) in [7, 11) is 1.92. The topological polar surface area (TPSA) is 102 Å². The summed E-state index contributed by atoms with van der Waals surface area (Å²) in [6.45, 7) is 11.1. The van der Waals surface area contributed by atoms with Crippen LogP contribution in [0.15, 0.2) is 0 Å². The first kappa shape index (κ1) is 20.4. The van der Waals surface area contributed by atoms with Crippen LogP contribution in [0, 0.1) is 20.8 Å². The van der Waals surface area contributed by atoms with Gasteiger partial charge in [-0.05, 0) is 33.3 Å². The van der Waals surface area contributed by atoms with E-state index in [4.69, 9.17) is 15.5 Å². The number of rotatable bonds is 4. The SMILES string of the molecule is CCOC(=O)c1sc2nc(C)nc(N3CCN(c4c(N)c(C)nn4C)CC3)c2c1C. The summed E-state index contributed by atoms with van der Waals surface area (Å²) in [6, 6.07) is 0. The fraction of sp³-hybridized carbons (Fsp3) is 0.500. The molecule has 160 valence electrons.